The molecule has 0 saturated heterocycles. The number of carbonyl (C=O) groups excluding carboxylic acids is 1. The van der Waals surface area contributed by atoms with Crippen LogP contribution in [-0.2, 0) is 14.8 Å². The number of anilines is 2. The minimum absolute atomic E-state index is 0.0365. The normalized spacial score (nSPS) is 11.2. The highest BCUT2D eigenvalue weighted by Crippen LogP contribution is 2.17. The highest BCUT2D eigenvalue weighted by Gasteiger charge is 2.16. The van der Waals surface area contributed by atoms with Crippen LogP contribution in [0.3, 0.4) is 0 Å². The van der Waals surface area contributed by atoms with E-state index in [0.717, 1.165) is 12.8 Å². The first kappa shape index (κ1) is 18.9. The van der Waals surface area contributed by atoms with Crippen molar-refractivity contribution in [3.63, 3.8) is 0 Å². The third-order valence-corrected chi connectivity index (χ3v) is 4.76. The zero-order valence-electron chi connectivity index (χ0n) is 14.5. The van der Waals surface area contributed by atoms with Gasteiger partial charge in [-0.05, 0) is 50.6 Å². The van der Waals surface area contributed by atoms with Crippen molar-refractivity contribution in [3.8, 4) is 0 Å². The van der Waals surface area contributed by atoms with Gasteiger partial charge in [-0.15, -0.1) is 0 Å². The number of aryl methyl sites for hydroxylation is 2. The van der Waals surface area contributed by atoms with Crippen molar-refractivity contribution in [2.75, 3.05) is 10.0 Å². The van der Waals surface area contributed by atoms with E-state index in [2.05, 4.69) is 20.0 Å². The third-order valence-electron chi connectivity index (χ3n) is 3.41. The lowest BCUT2D eigenvalue weighted by molar-refractivity contribution is -0.116. The summed E-state index contributed by atoms with van der Waals surface area (Å²) in [5.41, 5.74) is 1.91. The first-order chi connectivity index (χ1) is 11.8. The topological polar surface area (TPSA) is 101 Å². The van der Waals surface area contributed by atoms with E-state index < -0.39 is 10.0 Å². The molecule has 134 valence electrons. The molecule has 8 heteroatoms. The molecule has 0 radical (unpaired) electrons. The summed E-state index contributed by atoms with van der Waals surface area (Å²) in [7, 11) is -3.79. The van der Waals surface area contributed by atoms with Crippen molar-refractivity contribution >= 4 is 27.6 Å². The number of nitrogens with zero attached hydrogens (tertiary/aromatic N) is 2. The highest BCUT2D eigenvalue weighted by molar-refractivity contribution is 7.92. The Morgan fingerprint density at radius 1 is 1.08 bits per heavy atom. The number of nitrogens with one attached hydrogen (secondary N) is 2. The molecule has 0 saturated carbocycles. The summed E-state index contributed by atoms with van der Waals surface area (Å²) >= 11 is 0. The van der Waals surface area contributed by atoms with Crippen LogP contribution in [0.5, 0.6) is 0 Å². The first-order valence-corrected chi connectivity index (χ1v) is 9.53. The minimum Gasteiger partial charge on any atom is -0.326 e. The second-order valence-electron chi connectivity index (χ2n) is 5.76. The van der Waals surface area contributed by atoms with E-state index in [-0.39, 0.29) is 16.8 Å². The van der Waals surface area contributed by atoms with E-state index in [4.69, 9.17) is 0 Å². The summed E-state index contributed by atoms with van der Waals surface area (Å²) < 4.78 is 27.2. The van der Waals surface area contributed by atoms with Gasteiger partial charge in [0.1, 0.15) is 0 Å². The Hall–Kier alpha value is -2.48. The van der Waals surface area contributed by atoms with Gasteiger partial charge in [-0.2, -0.15) is 0 Å². The van der Waals surface area contributed by atoms with E-state index in [1.165, 1.54) is 12.1 Å². The van der Waals surface area contributed by atoms with Crippen LogP contribution in [0.15, 0.2) is 35.2 Å². The van der Waals surface area contributed by atoms with Gasteiger partial charge in [-0.25, -0.2) is 23.1 Å². The summed E-state index contributed by atoms with van der Waals surface area (Å²) in [6.45, 7) is 5.55. The number of aromatic nitrogens is 2. The fourth-order valence-electron chi connectivity index (χ4n) is 2.23. The van der Waals surface area contributed by atoms with Crippen molar-refractivity contribution in [1.82, 2.24) is 9.97 Å². The average molecular weight is 362 g/mol. The number of amides is 1. The predicted octanol–water partition coefficient (Wildman–Crippen LogP) is 3.02. The summed E-state index contributed by atoms with van der Waals surface area (Å²) in [6, 6.07) is 7.73. The zero-order valence-corrected chi connectivity index (χ0v) is 15.4. The Kier molecular flexibility index (Phi) is 6.08. The largest absolute Gasteiger partial charge is 0.326 e. The van der Waals surface area contributed by atoms with Gasteiger partial charge >= 0.3 is 0 Å². The molecular formula is C17H22N4O3S. The minimum atomic E-state index is -3.79. The van der Waals surface area contributed by atoms with Crippen molar-refractivity contribution in [1.29, 1.82) is 0 Å². The Labute approximate surface area is 148 Å². The van der Waals surface area contributed by atoms with Crippen LogP contribution in [0.2, 0.25) is 0 Å². The van der Waals surface area contributed by atoms with E-state index in [0.29, 0.717) is 23.5 Å². The summed E-state index contributed by atoms with van der Waals surface area (Å²) in [4.78, 5) is 19.9. The van der Waals surface area contributed by atoms with Gasteiger partial charge in [-0.1, -0.05) is 13.3 Å². The number of hydrogen-bond acceptors (Lipinski definition) is 5. The van der Waals surface area contributed by atoms with Crippen LogP contribution in [0, 0.1) is 13.8 Å². The van der Waals surface area contributed by atoms with Crippen LogP contribution >= 0.6 is 0 Å². The quantitative estimate of drug-likeness (QED) is 0.788. The van der Waals surface area contributed by atoms with Gasteiger partial charge in [0, 0.05) is 23.5 Å². The second kappa shape index (κ2) is 8.06. The average Bonchev–Trinajstić information content (AvgIpc) is 2.52. The number of sulfonamides is 1. The molecule has 0 aliphatic heterocycles. The van der Waals surface area contributed by atoms with Gasteiger partial charge in [0.05, 0.1) is 4.90 Å². The van der Waals surface area contributed by atoms with Crippen molar-refractivity contribution in [2.24, 2.45) is 0 Å². The molecule has 1 aromatic heterocycles. The molecule has 2 aromatic rings. The van der Waals surface area contributed by atoms with E-state index in [1.807, 2.05) is 6.92 Å². The summed E-state index contributed by atoms with van der Waals surface area (Å²) in [6.07, 6.45) is 2.21. The first-order valence-electron chi connectivity index (χ1n) is 8.05. The number of rotatable bonds is 7. The third kappa shape index (κ3) is 5.53. The fourth-order valence-corrected chi connectivity index (χ4v) is 3.17. The van der Waals surface area contributed by atoms with Gasteiger partial charge in [-0.3, -0.25) is 4.79 Å². The Morgan fingerprint density at radius 2 is 1.68 bits per heavy atom. The molecular weight excluding hydrogens is 340 g/mol. The smallest absolute Gasteiger partial charge is 0.264 e. The molecule has 25 heavy (non-hydrogen) atoms. The Bertz CT molecular complexity index is 828. The maximum absolute atomic E-state index is 12.4. The fraction of sp³-hybridized carbons (Fsp3) is 0.353. The number of benzene rings is 1. The molecule has 0 bridgehead atoms. The second-order valence-corrected chi connectivity index (χ2v) is 7.44. The van der Waals surface area contributed by atoms with Gasteiger partial charge in [0.2, 0.25) is 11.9 Å². The highest BCUT2D eigenvalue weighted by atomic mass is 32.2. The van der Waals surface area contributed by atoms with Crippen LogP contribution in [0.4, 0.5) is 11.6 Å². The maximum Gasteiger partial charge on any atom is 0.264 e. The molecule has 0 atom stereocenters. The molecule has 2 N–H and O–H groups in total. The number of unbranched alkanes of at least 4 members (excludes halogenated alkanes) is 1. The predicted molar refractivity (Wildman–Crippen MR) is 96.9 cm³/mol. The molecule has 0 aliphatic rings. The number of hydrogen-bond donors (Lipinski definition) is 2. The van der Waals surface area contributed by atoms with Gasteiger partial charge < -0.3 is 5.32 Å². The molecule has 0 spiro atoms. The molecule has 0 unspecified atom stereocenters. The molecule has 0 aliphatic carbocycles. The lowest BCUT2D eigenvalue weighted by Crippen LogP contribution is -2.16. The van der Waals surface area contributed by atoms with Crippen LogP contribution in [0.25, 0.3) is 0 Å². The summed E-state index contributed by atoms with van der Waals surface area (Å²) in [5, 5.41) is 2.74. The van der Waals surface area contributed by atoms with Crippen molar-refractivity contribution < 1.29 is 13.2 Å². The van der Waals surface area contributed by atoms with E-state index >= 15 is 0 Å². The molecule has 1 amide bonds. The Balaban J connectivity index is 2.10. The Morgan fingerprint density at radius 3 is 2.24 bits per heavy atom. The van der Waals surface area contributed by atoms with Crippen molar-refractivity contribution in [3.05, 3.63) is 41.7 Å². The molecule has 1 heterocycles. The number of carbonyl (C=O) groups is 1. The van der Waals surface area contributed by atoms with Crippen molar-refractivity contribution in [2.45, 2.75) is 44.9 Å². The van der Waals surface area contributed by atoms with E-state index in [1.54, 1.807) is 32.0 Å². The van der Waals surface area contributed by atoms with E-state index in [9.17, 15) is 13.2 Å². The van der Waals surface area contributed by atoms with Gasteiger partial charge in [0.25, 0.3) is 10.0 Å². The standard InChI is InChI=1S/C17H22N4O3S/c1-4-5-6-16(22)20-14-7-9-15(10-8-14)25(23,24)21-17-18-12(2)11-13(3)19-17/h7-11H,4-6H2,1-3H3,(H,20,22)(H,18,19,21). The summed E-state index contributed by atoms with van der Waals surface area (Å²) in [5.74, 6) is -0.0475. The molecule has 7 nitrogen and oxygen atoms in total. The van der Waals surface area contributed by atoms with Crippen LogP contribution in [0.1, 0.15) is 37.6 Å². The van der Waals surface area contributed by atoms with Crippen LogP contribution < -0.4 is 10.0 Å². The molecule has 1 aromatic carbocycles. The maximum atomic E-state index is 12.4. The molecule has 2 rings (SSSR count). The van der Waals surface area contributed by atoms with Crippen LogP contribution in [-0.4, -0.2) is 24.3 Å². The zero-order chi connectivity index (χ0) is 18.4. The SMILES string of the molecule is CCCCC(=O)Nc1ccc(S(=O)(=O)Nc2nc(C)cc(C)n2)cc1. The van der Waals surface area contributed by atoms with Gasteiger partial charge in [0.15, 0.2) is 0 Å². The lowest BCUT2D eigenvalue weighted by Gasteiger charge is -2.09. The lowest BCUT2D eigenvalue weighted by atomic mass is 10.2. The molecule has 0 fully saturated rings. The monoisotopic (exact) mass is 362 g/mol.